The van der Waals surface area contributed by atoms with Gasteiger partial charge >= 0.3 is 0 Å². The van der Waals surface area contributed by atoms with Crippen LogP contribution in [0.5, 0.6) is 0 Å². The number of anilines is 1. The Balaban J connectivity index is 1.28. The Bertz CT molecular complexity index is 900. The van der Waals surface area contributed by atoms with Crippen LogP contribution in [0.25, 0.3) is 0 Å². The first-order valence-electron chi connectivity index (χ1n) is 11.5. The zero-order valence-corrected chi connectivity index (χ0v) is 19.1. The molecule has 2 aromatic carbocycles. The minimum Gasteiger partial charge on any atom is -0.378 e. The highest BCUT2D eigenvalue weighted by atomic mass is 19.1. The molecule has 6 nitrogen and oxygen atoms in total. The number of ether oxygens (including phenoxy) is 1. The standard InChI is InChI=1S/C25H34FN5O/c1-19-14-22(18-31(19)17-20-6-4-3-5-7-20)29-25(27-2)28-16-21-8-9-24(23(26)15-21)30-10-12-32-13-11-30/h3-9,15,19,22H,10-14,16-18H2,1-2H3,(H2,27,28,29). The molecule has 0 aromatic heterocycles. The van der Waals surface area contributed by atoms with Crippen molar-refractivity contribution in [1.82, 2.24) is 15.5 Å². The minimum atomic E-state index is -0.185. The third kappa shape index (κ3) is 5.78. The van der Waals surface area contributed by atoms with Crippen LogP contribution < -0.4 is 15.5 Å². The molecule has 0 bridgehead atoms. The van der Waals surface area contributed by atoms with E-state index in [9.17, 15) is 4.39 Å². The number of aliphatic imine (C=N–C) groups is 1. The van der Waals surface area contributed by atoms with Crippen molar-refractivity contribution in [3.8, 4) is 0 Å². The number of nitrogens with zero attached hydrogens (tertiary/aromatic N) is 3. The maximum absolute atomic E-state index is 14.7. The average Bonchev–Trinajstić information content (AvgIpc) is 3.16. The summed E-state index contributed by atoms with van der Waals surface area (Å²) in [6, 6.07) is 16.9. The van der Waals surface area contributed by atoms with Gasteiger partial charge in [0.25, 0.3) is 0 Å². The van der Waals surface area contributed by atoms with E-state index in [0.717, 1.165) is 44.1 Å². The Kier molecular flexibility index (Phi) is 7.60. The van der Waals surface area contributed by atoms with Gasteiger partial charge in [-0.1, -0.05) is 36.4 Å². The summed E-state index contributed by atoms with van der Waals surface area (Å²) in [6.45, 7) is 7.48. The lowest BCUT2D eigenvalue weighted by Crippen LogP contribution is -2.44. The molecule has 0 radical (unpaired) electrons. The largest absolute Gasteiger partial charge is 0.378 e. The lowest BCUT2D eigenvalue weighted by molar-refractivity contribution is 0.122. The van der Waals surface area contributed by atoms with E-state index in [-0.39, 0.29) is 5.82 Å². The van der Waals surface area contributed by atoms with E-state index < -0.39 is 0 Å². The van der Waals surface area contributed by atoms with Gasteiger partial charge in [0.15, 0.2) is 5.96 Å². The minimum absolute atomic E-state index is 0.185. The monoisotopic (exact) mass is 439 g/mol. The van der Waals surface area contributed by atoms with Crippen LogP contribution in [0.15, 0.2) is 53.5 Å². The van der Waals surface area contributed by atoms with Crippen molar-refractivity contribution in [2.45, 2.75) is 38.5 Å². The molecule has 2 heterocycles. The maximum Gasteiger partial charge on any atom is 0.191 e. The number of halogens is 1. The Morgan fingerprint density at radius 3 is 2.62 bits per heavy atom. The predicted molar refractivity (Wildman–Crippen MR) is 127 cm³/mol. The van der Waals surface area contributed by atoms with Crippen molar-refractivity contribution in [3.05, 3.63) is 65.5 Å². The molecular formula is C25H34FN5O. The van der Waals surface area contributed by atoms with Crippen molar-refractivity contribution >= 4 is 11.6 Å². The van der Waals surface area contributed by atoms with Gasteiger partial charge < -0.3 is 20.3 Å². The number of rotatable bonds is 6. The van der Waals surface area contributed by atoms with Crippen molar-refractivity contribution < 1.29 is 9.13 Å². The smallest absolute Gasteiger partial charge is 0.191 e. The number of likely N-dealkylation sites (tertiary alicyclic amines) is 1. The summed E-state index contributed by atoms with van der Waals surface area (Å²) in [5.41, 5.74) is 2.89. The number of hydrogen-bond donors (Lipinski definition) is 2. The van der Waals surface area contributed by atoms with Gasteiger partial charge in [-0.15, -0.1) is 0 Å². The maximum atomic E-state index is 14.7. The van der Waals surface area contributed by atoms with Crippen LogP contribution in [-0.2, 0) is 17.8 Å². The first-order chi connectivity index (χ1) is 15.6. The van der Waals surface area contributed by atoms with Crippen LogP contribution in [0.4, 0.5) is 10.1 Å². The van der Waals surface area contributed by atoms with Crippen molar-refractivity contribution in [2.75, 3.05) is 44.8 Å². The highest BCUT2D eigenvalue weighted by molar-refractivity contribution is 5.80. The number of hydrogen-bond acceptors (Lipinski definition) is 4. The Hall–Kier alpha value is -2.64. The predicted octanol–water partition coefficient (Wildman–Crippen LogP) is 2.99. The molecule has 0 amide bonds. The van der Waals surface area contributed by atoms with Crippen molar-refractivity contribution in [2.24, 2.45) is 4.99 Å². The summed E-state index contributed by atoms with van der Waals surface area (Å²) in [5.74, 6) is 0.566. The molecule has 2 unspecified atom stereocenters. The fourth-order valence-corrected chi connectivity index (χ4v) is 4.54. The lowest BCUT2D eigenvalue weighted by atomic mass is 10.1. The molecule has 2 aliphatic rings. The van der Waals surface area contributed by atoms with Gasteiger partial charge in [-0.25, -0.2) is 4.39 Å². The van der Waals surface area contributed by atoms with Crippen LogP contribution in [0.1, 0.15) is 24.5 Å². The molecular weight excluding hydrogens is 405 g/mol. The molecule has 172 valence electrons. The summed E-state index contributed by atoms with van der Waals surface area (Å²) in [6.07, 6.45) is 1.07. The van der Waals surface area contributed by atoms with E-state index in [1.807, 2.05) is 17.0 Å². The third-order valence-corrected chi connectivity index (χ3v) is 6.32. The van der Waals surface area contributed by atoms with Gasteiger partial charge in [-0.3, -0.25) is 9.89 Å². The molecule has 2 aliphatic heterocycles. The van der Waals surface area contributed by atoms with Crippen LogP contribution >= 0.6 is 0 Å². The number of morpholine rings is 1. The zero-order valence-electron chi connectivity index (χ0n) is 19.1. The Morgan fingerprint density at radius 1 is 1.12 bits per heavy atom. The van der Waals surface area contributed by atoms with Crippen LogP contribution in [0.2, 0.25) is 0 Å². The number of benzene rings is 2. The molecule has 4 rings (SSSR count). The van der Waals surface area contributed by atoms with Gasteiger partial charge in [0, 0.05) is 51.9 Å². The number of nitrogens with one attached hydrogen (secondary N) is 2. The van der Waals surface area contributed by atoms with Crippen molar-refractivity contribution in [3.63, 3.8) is 0 Å². The highest BCUT2D eigenvalue weighted by Gasteiger charge is 2.29. The fourth-order valence-electron chi connectivity index (χ4n) is 4.54. The van der Waals surface area contributed by atoms with Crippen LogP contribution in [-0.4, -0.2) is 62.8 Å². The average molecular weight is 440 g/mol. The highest BCUT2D eigenvalue weighted by Crippen LogP contribution is 2.22. The van der Waals surface area contributed by atoms with E-state index in [1.165, 1.54) is 5.56 Å². The molecule has 2 saturated heterocycles. The summed E-state index contributed by atoms with van der Waals surface area (Å²) in [4.78, 5) is 8.91. The van der Waals surface area contributed by atoms with Gasteiger partial charge in [0.2, 0.25) is 0 Å². The Labute approximate surface area is 190 Å². The molecule has 2 atom stereocenters. The summed E-state index contributed by atoms with van der Waals surface area (Å²) >= 11 is 0. The van der Waals surface area contributed by atoms with E-state index in [1.54, 1.807) is 13.1 Å². The topological polar surface area (TPSA) is 52.1 Å². The van der Waals surface area contributed by atoms with Crippen LogP contribution in [0.3, 0.4) is 0 Å². The Morgan fingerprint density at radius 2 is 1.91 bits per heavy atom. The first kappa shape index (κ1) is 22.6. The van der Waals surface area contributed by atoms with Gasteiger partial charge in [-0.05, 0) is 36.6 Å². The molecule has 0 aliphatic carbocycles. The SMILES string of the molecule is CN=C(NCc1ccc(N2CCOCC2)c(F)c1)NC1CC(C)N(Cc2ccccc2)C1. The van der Waals surface area contributed by atoms with Gasteiger partial charge in [0.05, 0.1) is 18.9 Å². The van der Waals surface area contributed by atoms with Gasteiger partial charge in [-0.2, -0.15) is 0 Å². The zero-order chi connectivity index (χ0) is 22.3. The van der Waals surface area contributed by atoms with Crippen LogP contribution in [0, 0.1) is 5.82 Å². The van der Waals surface area contributed by atoms with E-state index in [0.29, 0.717) is 37.5 Å². The van der Waals surface area contributed by atoms with E-state index in [4.69, 9.17) is 4.74 Å². The summed E-state index contributed by atoms with van der Waals surface area (Å²) in [7, 11) is 1.78. The molecule has 2 N–H and O–H groups in total. The molecule has 2 fully saturated rings. The fraction of sp³-hybridized carbons (Fsp3) is 0.480. The van der Waals surface area contributed by atoms with Gasteiger partial charge in [0.1, 0.15) is 5.82 Å². The first-order valence-corrected chi connectivity index (χ1v) is 11.5. The van der Waals surface area contributed by atoms with Crippen molar-refractivity contribution in [1.29, 1.82) is 0 Å². The molecule has 0 saturated carbocycles. The quantitative estimate of drug-likeness (QED) is 0.535. The molecule has 2 aromatic rings. The second kappa shape index (κ2) is 10.8. The molecule has 7 heteroatoms. The normalized spacial score (nSPS) is 22.2. The second-order valence-electron chi connectivity index (χ2n) is 8.65. The molecule has 32 heavy (non-hydrogen) atoms. The third-order valence-electron chi connectivity index (χ3n) is 6.32. The van der Waals surface area contributed by atoms with E-state index >= 15 is 0 Å². The molecule has 0 spiro atoms. The lowest BCUT2D eigenvalue weighted by Gasteiger charge is -2.29. The summed E-state index contributed by atoms with van der Waals surface area (Å²) < 4.78 is 20.0. The van der Waals surface area contributed by atoms with E-state index in [2.05, 4.69) is 57.8 Å². The summed E-state index contributed by atoms with van der Waals surface area (Å²) in [5, 5.41) is 6.88. The number of guanidine groups is 1. The second-order valence-corrected chi connectivity index (χ2v) is 8.65.